The Bertz CT molecular complexity index is 1140. The average molecular weight is 510 g/mol. The number of allylic oxidation sites excluding steroid dienone is 2. The number of hydrogen-bond donors (Lipinski definition) is 1. The fourth-order valence-corrected chi connectivity index (χ4v) is 3.28. The lowest BCUT2D eigenvalue weighted by Gasteiger charge is -2.36. The number of rotatable bonds is 5. The summed E-state index contributed by atoms with van der Waals surface area (Å²) in [5, 5.41) is -0.381. The van der Waals surface area contributed by atoms with Crippen molar-refractivity contribution in [1.29, 1.82) is 0 Å². The van der Waals surface area contributed by atoms with Crippen LogP contribution in [0.4, 0.5) is 38.0 Å². The van der Waals surface area contributed by atoms with Crippen molar-refractivity contribution in [3.8, 4) is 0 Å². The number of nitrogens with two attached hydrogens (primary N) is 1. The molecule has 3 rings (SSSR count). The van der Waals surface area contributed by atoms with Gasteiger partial charge in [-0.1, -0.05) is 11.6 Å². The molecule has 1 aromatic carbocycles. The Balaban J connectivity index is 1.62. The first-order valence-corrected chi connectivity index (χ1v) is 10.1. The van der Waals surface area contributed by atoms with Crippen LogP contribution < -0.4 is 21.2 Å². The summed E-state index contributed by atoms with van der Waals surface area (Å²) in [6, 6.07) is 3.70. The predicted molar refractivity (Wildman–Crippen MR) is 114 cm³/mol. The molecule has 0 atom stereocenters. The summed E-state index contributed by atoms with van der Waals surface area (Å²) in [7, 11) is 0. The Labute approximate surface area is 194 Å². The van der Waals surface area contributed by atoms with Crippen molar-refractivity contribution in [2.45, 2.75) is 19.0 Å². The van der Waals surface area contributed by atoms with Gasteiger partial charge >= 0.3 is 18.0 Å². The number of piperazine rings is 1. The normalized spacial score (nSPS) is 15.9. The van der Waals surface area contributed by atoms with Crippen LogP contribution in [0.15, 0.2) is 46.1 Å². The third-order valence-corrected chi connectivity index (χ3v) is 5.19. The number of alkyl halides is 6. The van der Waals surface area contributed by atoms with Gasteiger partial charge in [0.1, 0.15) is 18.7 Å². The zero-order chi connectivity index (χ0) is 25.1. The summed E-state index contributed by atoms with van der Waals surface area (Å²) >= 11 is 5.67. The molecular weight excluding hydrogens is 492 g/mol. The Morgan fingerprint density at radius 1 is 1.12 bits per heavy atom. The predicted octanol–water partition coefficient (Wildman–Crippen LogP) is 3.07. The topological polar surface area (TPSA) is 92.6 Å². The van der Waals surface area contributed by atoms with E-state index in [1.165, 1.54) is 12.1 Å². The minimum absolute atomic E-state index is 0.123. The molecule has 0 unspecified atom stereocenters. The minimum Gasteiger partial charge on any atom is -0.395 e. The van der Waals surface area contributed by atoms with Crippen molar-refractivity contribution in [1.82, 2.24) is 14.5 Å². The lowest BCUT2D eigenvalue weighted by molar-refractivity contribution is -0.137. The zero-order valence-electron chi connectivity index (χ0n) is 17.3. The van der Waals surface area contributed by atoms with Crippen LogP contribution in [0.2, 0.25) is 5.02 Å². The van der Waals surface area contributed by atoms with E-state index in [4.69, 9.17) is 17.3 Å². The Morgan fingerprint density at radius 3 is 2.35 bits per heavy atom. The van der Waals surface area contributed by atoms with Crippen LogP contribution in [0.3, 0.4) is 0 Å². The number of halogens is 7. The molecule has 0 saturated carbocycles. The van der Waals surface area contributed by atoms with Crippen LogP contribution in [0.5, 0.6) is 0 Å². The molecule has 1 aromatic heterocycles. The van der Waals surface area contributed by atoms with E-state index in [1.807, 2.05) is 0 Å². The van der Waals surface area contributed by atoms with Crippen molar-refractivity contribution in [3.63, 3.8) is 0 Å². The highest BCUT2D eigenvalue weighted by atomic mass is 35.5. The van der Waals surface area contributed by atoms with Gasteiger partial charge in [-0.2, -0.15) is 31.3 Å². The van der Waals surface area contributed by atoms with Crippen LogP contribution >= 0.6 is 11.6 Å². The molecule has 1 aliphatic heterocycles. The molecule has 0 spiro atoms. The third kappa shape index (κ3) is 6.18. The lowest BCUT2D eigenvalue weighted by atomic mass is 10.1. The van der Waals surface area contributed by atoms with Crippen LogP contribution in [0.1, 0.15) is 5.56 Å². The molecule has 1 aliphatic rings. The number of benzene rings is 1. The first kappa shape index (κ1) is 25.3. The highest BCUT2D eigenvalue weighted by Crippen LogP contribution is 2.37. The van der Waals surface area contributed by atoms with Crippen LogP contribution in [-0.4, -0.2) is 53.1 Å². The molecule has 2 aromatic rings. The molecule has 0 bridgehead atoms. The number of nitrogens with zero attached hydrogens (tertiary/aromatic N) is 6. The highest BCUT2D eigenvalue weighted by molar-refractivity contribution is 6.31. The fourth-order valence-electron chi connectivity index (χ4n) is 3.05. The van der Waals surface area contributed by atoms with Crippen LogP contribution in [0.25, 0.3) is 0 Å². The molecule has 15 heteroatoms. The van der Waals surface area contributed by atoms with Gasteiger partial charge in [0.25, 0.3) is 0 Å². The largest absolute Gasteiger partial charge is 0.430 e. The Morgan fingerprint density at radius 2 is 1.76 bits per heavy atom. The van der Waals surface area contributed by atoms with Crippen LogP contribution in [0, 0.1) is 0 Å². The van der Waals surface area contributed by atoms with Gasteiger partial charge in [-0.25, -0.2) is 9.78 Å². The van der Waals surface area contributed by atoms with Crippen LogP contribution in [-0.2, 0) is 12.8 Å². The highest BCUT2D eigenvalue weighted by Gasteiger charge is 2.34. The molecule has 184 valence electrons. The molecule has 0 radical (unpaired) electrons. The average Bonchev–Trinajstić information content (AvgIpc) is 2.76. The second-order valence-electron chi connectivity index (χ2n) is 7.14. The molecule has 2 N–H and O–H groups in total. The van der Waals surface area contributed by atoms with E-state index in [0.717, 1.165) is 23.2 Å². The number of aromatic nitrogens is 3. The van der Waals surface area contributed by atoms with Crippen molar-refractivity contribution in [3.05, 3.63) is 57.4 Å². The van der Waals surface area contributed by atoms with Gasteiger partial charge in [-0.3, -0.25) is 9.56 Å². The van der Waals surface area contributed by atoms with Gasteiger partial charge in [0.15, 0.2) is 0 Å². The van der Waals surface area contributed by atoms with Gasteiger partial charge in [0.2, 0.25) is 5.95 Å². The van der Waals surface area contributed by atoms with E-state index in [9.17, 15) is 31.1 Å². The number of hydrogen-bond acceptors (Lipinski definition) is 7. The maximum absolute atomic E-state index is 13.1. The molecule has 34 heavy (non-hydrogen) atoms. The second-order valence-corrected chi connectivity index (χ2v) is 7.54. The van der Waals surface area contributed by atoms with E-state index < -0.39 is 29.3 Å². The van der Waals surface area contributed by atoms with E-state index in [-0.39, 0.29) is 17.6 Å². The van der Waals surface area contributed by atoms with Gasteiger partial charge in [0.05, 0.1) is 10.6 Å². The van der Waals surface area contributed by atoms with Crippen molar-refractivity contribution in [2.75, 3.05) is 36.0 Å². The fraction of sp³-hybridized carbons (Fsp3) is 0.368. The van der Waals surface area contributed by atoms with Gasteiger partial charge in [0, 0.05) is 38.1 Å². The maximum atomic E-state index is 13.1. The first-order valence-electron chi connectivity index (χ1n) is 9.69. The monoisotopic (exact) mass is 509 g/mol. The summed E-state index contributed by atoms with van der Waals surface area (Å²) in [5.41, 5.74) is 2.23. The number of aliphatic imine (C=N–C) groups is 1. The molecule has 8 nitrogen and oxygen atoms in total. The third-order valence-electron chi connectivity index (χ3n) is 4.86. The van der Waals surface area contributed by atoms with E-state index in [2.05, 4.69) is 15.0 Å². The summed E-state index contributed by atoms with van der Waals surface area (Å²) in [6.45, 7) is 1.07. The SMILES string of the molecule is N/C(=C\C=N\Cn1cnc(N2CCN(c3ccc(Cl)c(C(F)(F)F)c3)CC2)nc1=O)C(F)(F)F. The Kier molecular flexibility index (Phi) is 7.38. The van der Waals surface area contributed by atoms with Gasteiger partial charge in [-0.15, -0.1) is 0 Å². The molecule has 0 aliphatic carbocycles. The summed E-state index contributed by atoms with van der Waals surface area (Å²) in [4.78, 5) is 27.2. The van der Waals surface area contributed by atoms with E-state index >= 15 is 0 Å². The summed E-state index contributed by atoms with van der Waals surface area (Å²) in [5.74, 6) is 0.123. The number of anilines is 2. The van der Waals surface area contributed by atoms with E-state index in [0.29, 0.717) is 37.9 Å². The zero-order valence-corrected chi connectivity index (χ0v) is 18.1. The molecule has 0 amide bonds. The molecule has 2 heterocycles. The summed E-state index contributed by atoms with van der Waals surface area (Å²) in [6.07, 6.45) is -6.70. The first-order chi connectivity index (χ1) is 15.9. The van der Waals surface area contributed by atoms with Crippen molar-refractivity contribution < 1.29 is 26.3 Å². The van der Waals surface area contributed by atoms with Crippen molar-refractivity contribution in [2.24, 2.45) is 10.7 Å². The molecule has 1 saturated heterocycles. The second kappa shape index (κ2) is 9.91. The minimum atomic E-state index is -4.67. The van der Waals surface area contributed by atoms with E-state index in [1.54, 1.807) is 9.80 Å². The molecular formula is C19H18ClF6N7O. The Hall–Kier alpha value is -3.29. The van der Waals surface area contributed by atoms with Gasteiger partial charge in [-0.05, 0) is 24.3 Å². The smallest absolute Gasteiger partial charge is 0.395 e. The summed E-state index contributed by atoms with van der Waals surface area (Å²) < 4.78 is 77.2. The lowest BCUT2D eigenvalue weighted by Crippen LogP contribution is -2.47. The molecule has 1 fully saturated rings. The maximum Gasteiger partial charge on any atom is 0.430 e. The quantitative estimate of drug-likeness (QED) is 0.492. The van der Waals surface area contributed by atoms with Gasteiger partial charge < -0.3 is 15.5 Å². The standard InChI is InChI=1S/C19H18ClF6N7O/c20-14-2-1-12(9-13(14)18(21,22)23)31-5-7-32(8-6-31)16-29-11-33(17(34)30-16)10-28-4-3-15(27)19(24,25)26/h1-4,9,11H,5-8,10,27H2/b15-3-,28-4+. The van der Waals surface area contributed by atoms with Crippen molar-refractivity contribution >= 4 is 29.5 Å².